The maximum atomic E-state index is 12.2. The summed E-state index contributed by atoms with van der Waals surface area (Å²) in [7, 11) is 0. The number of nitrogens with zero attached hydrogens (tertiary/aromatic N) is 1. The SMILES string of the molecule is C=C(C)[C@@H]1CC[C@]2(C)S[P@@](=S)(O[C@H]3[C@@H](O)[C@H](n4ccc(=O)[nH]c4=O)O[C@@H]3CC)O[C@H]2C1. The van der Waals surface area contributed by atoms with Crippen LogP contribution in [-0.4, -0.2) is 43.8 Å². The Hall–Kier alpha value is -0.740. The van der Waals surface area contributed by atoms with Crippen LogP contribution in [0.4, 0.5) is 0 Å². The summed E-state index contributed by atoms with van der Waals surface area (Å²) in [5.41, 5.74) is -2.73. The quantitative estimate of drug-likeness (QED) is 0.482. The highest BCUT2D eigenvalue weighted by molar-refractivity contribution is 8.68. The summed E-state index contributed by atoms with van der Waals surface area (Å²) in [4.78, 5) is 25.8. The largest absolute Gasteiger partial charge is 0.386 e. The van der Waals surface area contributed by atoms with E-state index in [2.05, 4.69) is 25.4 Å². The van der Waals surface area contributed by atoms with Gasteiger partial charge in [-0.2, -0.15) is 0 Å². The number of ether oxygens (including phenoxy) is 1. The van der Waals surface area contributed by atoms with Gasteiger partial charge in [0.1, 0.15) is 12.2 Å². The van der Waals surface area contributed by atoms with Gasteiger partial charge in [-0.25, -0.2) is 4.79 Å². The number of nitrogens with one attached hydrogen (secondary N) is 1. The number of aliphatic hydroxyl groups excluding tert-OH is 1. The lowest BCUT2D eigenvalue weighted by Crippen LogP contribution is -2.39. The molecule has 0 spiro atoms. The number of aliphatic hydroxyl groups is 1. The van der Waals surface area contributed by atoms with Crippen LogP contribution in [0.2, 0.25) is 0 Å². The minimum atomic E-state index is -2.74. The smallest absolute Gasteiger partial charge is 0.330 e. The van der Waals surface area contributed by atoms with Crippen molar-refractivity contribution in [3.8, 4) is 0 Å². The minimum absolute atomic E-state index is 0.0176. The second-order valence-electron chi connectivity index (χ2n) is 8.81. The van der Waals surface area contributed by atoms with Crippen LogP contribution in [0.3, 0.4) is 0 Å². The van der Waals surface area contributed by atoms with E-state index < -0.39 is 41.5 Å². The second kappa shape index (κ2) is 8.56. The standard InChI is InChI=1S/C20H29N2O6PS2/c1-5-13-17(16(24)18(26-13)22-9-7-15(23)21-19(22)25)28-29(30)27-14-10-12(11(2)3)6-8-20(14,4)31-29/h7,9,12-14,16-18,24H,2,5-6,8,10H2,1,3-4H3,(H,21,23,25)/t12-,13-,14+,16-,17-,18-,20+,29-/m1/s1. The van der Waals surface area contributed by atoms with Crippen molar-refractivity contribution in [1.29, 1.82) is 0 Å². The summed E-state index contributed by atoms with van der Waals surface area (Å²) in [5.74, 6) is 0.417. The summed E-state index contributed by atoms with van der Waals surface area (Å²) in [5, 5.41) is 11.0. The molecule has 4 rings (SSSR count). The predicted molar refractivity (Wildman–Crippen MR) is 124 cm³/mol. The van der Waals surface area contributed by atoms with Crippen molar-refractivity contribution < 1.29 is 18.9 Å². The van der Waals surface area contributed by atoms with Crippen molar-refractivity contribution in [1.82, 2.24) is 9.55 Å². The third-order valence-electron chi connectivity index (χ3n) is 6.53. The topological polar surface area (TPSA) is 103 Å². The fraction of sp³-hybridized carbons (Fsp3) is 0.700. The molecule has 1 aromatic heterocycles. The van der Waals surface area contributed by atoms with E-state index in [1.165, 1.54) is 16.8 Å². The third kappa shape index (κ3) is 4.40. The first-order valence-corrected chi connectivity index (χ1v) is 14.6. The second-order valence-corrected chi connectivity index (χ2v) is 15.4. The highest BCUT2D eigenvalue weighted by Crippen LogP contribution is 2.76. The summed E-state index contributed by atoms with van der Waals surface area (Å²) < 4.78 is 19.7. The molecule has 1 aliphatic carbocycles. The van der Waals surface area contributed by atoms with Gasteiger partial charge >= 0.3 is 5.69 Å². The van der Waals surface area contributed by atoms with Crippen molar-refractivity contribution in [2.75, 3.05) is 0 Å². The maximum absolute atomic E-state index is 12.2. The Labute approximate surface area is 190 Å². The summed E-state index contributed by atoms with van der Waals surface area (Å²) in [6, 6.07) is 1.22. The van der Waals surface area contributed by atoms with E-state index in [1.54, 1.807) is 11.4 Å². The van der Waals surface area contributed by atoms with E-state index in [1.807, 2.05) is 6.92 Å². The molecule has 0 bridgehead atoms. The molecule has 172 valence electrons. The molecule has 8 atom stereocenters. The Morgan fingerprint density at radius 2 is 2.29 bits per heavy atom. The molecule has 2 N–H and O–H groups in total. The van der Waals surface area contributed by atoms with Crippen molar-refractivity contribution in [3.05, 3.63) is 45.3 Å². The molecule has 0 amide bonds. The number of H-pyrrole nitrogens is 1. The van der Waals surface area contributed by atoms with E-state index in [0.717, 1.165) is 24.8 Å². The number of hydrogen-bond donors (Lipinski definition) is 2. The molecule has 2 aliphatic heterocycles. The lowest BCUT2D eigenvalue weighted by Gasteiger charge is -2.37. The van der Waals surface area contributed by atoms with Crippen LogP contribution in [0.1, 0.15) is 52.7 Å². The summed E-state index contributed by atoms with van der Waals surface area (Å²) in [6.45, 7) is 10.3. The first-order chi connectivity index (χ1) is 14.5. The zero-order valence-corrected chi connectivity index (χ0v) is 20.4. The molecule has 2 saturated heterocycles. The van der Waals surface area contributed by atoms with Crippen LogP contribution in [0.25, 0.3) is 0 Å². The number of aromatic amines is 1. The number of rotatable bonds is 5. The van der Waals surface area contributed by atoms with Crippen LogP contribution < -0.4 is 11.2 Å². The van der Waals surface area contributed by atoms with Gasteiger partial charge in [-0.3, -0.25) is 14.3 Å². The summed E-state index contributed by atoms with van der Waals surface area (Å²) >= 11 is 7.46. The molecule has 8 nitrogen and oxygen atoms in total. The van der Waals surface area contributed by atoms with Crippen LogP contribution >= 0.6 is 17.1 Å². The lowest BCUT2D eigenvalue weighted by molar-refractivity contribution is -0.0404. The molecular weight excluding hydrogens is 459 g/mol. The van der Waals surface area contributed by atoms with E-state index in [9.17, 15) is 14.7 Å². The number of allylic oxidation sites excluding steroid dienone is 1. The van der Waals surface area contributed by atoms with Crippen LogP contribution in [0.15, 0.2) is 34.0 Å². The predicted octanol–water partition coefficient (Wildman–Crippen LogP) is 3.08. The molecule has 0 radical (unpaired) electrons. The molecule has 31 heavy (non-hydrogen) atoms. The van der Waals surface area contributed by atoms with Gasteiger partial charge < -0.3 is 18.9 Å². The molecule has 11 heteroatoms. The lowest BCUT2D eigenvalue weighted by atomic mass is 9.77. The van der Waals surface area contributed by atoms with Crippen LogP contribution in [-0.2, 0) is 25.6 Å². The van der Waals surface area contributed by atoms with Crippen molar-refractivity contribution in [3.63, 3.8) is 0 Å². The summed E-state index contributed by atoms with van der Waals surface area (Å²) in [6.07, 6.45) is 1.47. The zero-order valence-electron chi connectivity index (χ0n) is 17.9. The van der Waals surface area contributed by atoms with E-state index in [4.69, 9.17) is 25.6 Å². The Balaban J connectivity index is 1.54. The van der Waals surface area contributed by atoms with E-state index in [0.29, 0.717) is 12.3 Å². The van der Waals surface area contributed by atoms with Gasteiger partial charge in [-0.05, 0) is 57.3 Å². The van der Waals surface area contributed by atoms with Crippen LogP contribution in [0, 0.1) is 5.92 Å². The Morgan fingerprint density at radius 1 is 1.55 bits per heavy atom. The number of fused-ring (bicyclic) bond motifs is 1. The zero-order chi connectivity index (χ0) is 22.6. The Bertz CT molecular complexity index is 1030. The highest BCUT2D eigenvalue weighted by atomic mass is 32.9. The first-order valence-electron chi connectivity index (χ1n) is 10.5. The fourth-order valence-electron chi connectivity index (χ4n) is 4.62. The molecule has 3 heterocycles. The van der Waals surface area contributed by atoms with Gasteiger partial charge in [0.15, 0.2) is 6.23 Å². The Kier molecular flexibility index (Phi) is 6.46. The maximum Gasteiger partial charge on any atom is 0.330 e. The molecule has 3 fully saturated rings. The van der Waals surface area contributed by atoms with Crippen molar-refractivity contribution in [2.24, 2.45) is 5.92 Å². The van der Waals surface area contributed by atoms with Gasteiger partial charge in [0.25, 0.3) is 5.56 Å². The average Bonchev–Trinajstić information content (AvgIpc) is 3.14. The third-order valence-corrected chi connectivity index (χ3v) is 12.3. The molecule has 0 aromatic carbocycles. The van der Waals surface area contributed by atoms with Crippen LogP contribution in [0.5, 0.6) is 0 Å². The minimum Gasteiger partial charge on any atom is -0.386 e. The van der Waals surface area contributed by atoms with Gasteiger partial charge in [-0.15, -0.1) is 0 Å². The molecule has 3 aliphatic rings. The highest BCUT2D eigenvalue weighted by Gasteiger charge is 2.56. The Morgan fingerprint density at radius 3 is 2.94 bits per heavy atom. The van der Waals surface area contributed by atoms with E-state index >= 15 is 0 Å². The monoisotopic (exact) mass is 488 g/mol. The molecular formula is C20H29N2O6PS2. The van der Waals surface area contributed by atoms with Gasteiger partial charge in [-0.1, -0.05) is 30.5 Å². The first kappa shape index (κ1) is 23.4. The van der Waals surface area contributed by atoms with Gasteiger partial charge in [0, 0.05) is 17.0 Å². The number of aromatic nitrogens is 2. The molecule has 1 aromatic rings. The molecule has 0 unspecified atom stereocenters. The number of hydrogen-bond acceptors (Lipinski definition) is 8. The van der Waals surface area contributed by atoms with Gasteiger partial charge in [0.2, 0.25) is 5.69 Å². The van der Waals surface area contributed by atoms with Gasteiger partial charge in [0.05, 0.1) is 12.2 Å². The van der Waals surface area contributed by atoms with Crippen molar-refractivity contribution in [2.45, 2.75) is 81.8 Å². The average molecular weight is 489 g/mol. The molecule has 1 saturated carbocycles. The fourth-order valence-corrected chi connectivity index (χ4v) is 12.2. The van der Waals surface area contributed by atoms with E-state index in [-0.39, 0.29) is 10.9 Å². The normalized spacial score (nSPS) is 42.5. The van der Waals surface area contributed by atoms with Crippen molar-refractivity contribution >= 4 is 28.9 Å².